The van der Waals surface area contributed by atoms with E-state index >= 15 is 0 Å². The van der Waals surface area contributed by atoms with Crippen molar-refractivity contribution in [2.75, 3.05) is 7.11 Å². The smallest absolute Gasteiger partial charge is 0.418 e. The third-order valence-corrected chi connectivity index (χ3v) is 7.61. The third kappa shape index (κ3) is 6.25. The van der Waals surface area contributed by atoms with Gasteiger partial charge >= 0.3 is 12.1 Å². The summed E-state index contributed by atoms with van der Waals surface area (Å²) in [5.41, 5.74) is 2.65. The number of aromatic nitrogens is 2. The number of pyridine rings is 1. The van der Waals surface area contributed by atoms with E-state index in [0.717, 1.165) is 17.2 Å². The molecule has 46 heavy (non-hydrogen) atoms. The molecule has 0 radical (unpaired) electrons. The molecule has 0 aliphatic heterocycles. The molecule has 6 aromatic rings. The molecule has 0 spiro atoms. The van der Waals surface area contributed by atoms with Crippen molar-refractivity contribution in [2.24, 2.45) is 0 Å². The lowest BCUT2D eigenvalue weighted by atomic mass is 9.91. The van der Waals surface area contributed by atoms with Gasteiger partial charge in [0.1, 0.15) is 18.1 Å². The van der Waals surface area contributed by atoms with Gasteiger partial charge in [-0.15, -0.1) is 0 Å². The lowest BCUT2D eigenvalue weighted by Crippen LogP contribution is -2.10. The van der Waals surface area contributed by atoms with Crippen molar-refractivity contribution in [3.63, 3.8) is 0 Å². The summed E-state index contributed by atoms with van der Waals surface area (Å²) in [5.74, 6) is -0.284. The molecule has 0 atom stereocenters. The van der Waals surface area contributed by atoms with Crippen LogP contribution in [0.4, 0.5) is 13.2 Å². The fourth-order valence-electron chi connectivity index (χ4n) is 5.37. The lowest BCUT2D eigenvalue weighted by molar-refractivity contribution is -0.136. The molecule has 0 aliphatic rings. The molecule has 2 aromatic heterocycles. The number of halogens is 3. The van der Waals surface area contributed by atoms with Gasteiger partial charge in [-0.2, -0.15) is 13.2 Å². The van der Waals surface area contributed by atoms with E-state index in [0.29, 0.717) is 34.7 Å². The average molecular weight is 621 g/mol. The minimum absolute atomic E-state index is 0.184. The van der Waals surface area contributed by atoms with Crippen molar-refractivity contribution in [1.82, 2.24) is 9.55 Å². The van der Waals surface area contributed by atoms with Crippen LogP contribution < -0.4 is 4.74 Å². The zero-order chi connectivity index (χ0) is 32.3. The normalized spacial score (nSPS) is 11.4. The van der Waals surface area contributed by atoms with E-state index in [1.54, 1.807) is 77.4 Å². The Balaban J connectivity index is 1.29. The van der Waals surface area contributed by atoms with Crippen LogP contribution in [0.1, 0.15) is 43.1 Å². The molecule has 0 amide bonds. The molecule has 6 rings (SSSR count). The standard InChI is InChI=1S/C37H27F3N2O4/c1-45-36(44)32-14-7-19-42(32)22-24-15-17-25(18-16-24)23-46-28-11-5-10-27(20-28)33-29-12-6-13-31(37(38,39)40)34(29)41-21-30(33)35(43)26-8-3-2-4-9-26/h2-21H,22-23H2,1H3. The van der Waals surface area contributed by atoms with E-state index in [4.69, 9.17) is 9.47 Å². The molecule has 6 nitrogen and oxygen atoms in total. The maximum Gasteiger partial charge on any atom is 0.418 e. The van der Waals surface area contributed by atoms with Gasteiger partial charge in [-0.3, -0.25) is 9.78 Å². The number of fused-ring (bicyclic) bond motifs is 1. The number of carbonyl (C=O) groups excluding carboxylic acids is 2. The van der Waals surface area contributed by atoms with Crippen molar-refractivity contribution in [3.8, 4) is 16.9 Å². The van der Waals surface area contributed by atoms with Crippen LogP contribution in [0.3, 0.4) is 0 Å². The number of benzene rings is 4. The van der Waals surface area contributed by atoms with E-state index < -0.39 is 17.7 Å². The quantitative estimate of drug-likeness (QED) is 0.120. The maximum absolute atomic E-state index is 13.9. The monoisotopic (exact) mass is 620 g/mol. The van der Waals surface area contributed by atoms with E-state index in [1.165, 1.54) is 19.4 Å². The van der Waals surface area contributed by atoms with Gasteiger partial charge in [0.15, 0.2) is 5.78 Å². The van der Waals surface area contributed by atoms with Gasteiger partial charge in [0.25, 0.3) is 0 Å². The predicted octanol–water partition coefficient (Wildman–Crippen LogP) is 8.37. The molecular weight excluding hydrogens is 593 g/mol. The Morgan fingerprint density at radius 3 is 2.30 bits per heavy atom. The first kappa shape index (κ1) is 30.3. The van der Waals surface area contributed by atoms with Gasteiger partial charge in [0.05, 0.1) is 18.2 Å². The summed E-state index contributed by atoms with van der Waals surface area (Å²) >= 11 is 0. The Bertz CT molecular complexity index is 2030. The first-order chi connectivity index (χ1) is 22.2. The highest BCUT2D eigenvalue weighted by Gasteiger charge is 2.34. The number of alkyl halides is 3. The molecule has 0 fully saturated rings. The summed E-state index contributed by atoms with van der Waals surface area (Å²) in [5, 5.41) is 0.211. The number of hydrogen-bond acceptors (Lipinski definition) is 5. The Hall–Kier alpha value is -5.70. The van der Waals surface area contributed by atoms with Crippen molar-refractivity contribution < 1.29 is 32.2 Å². The van der Waals surface area contributed by atoms with Gasteiger partial charge in [0.2, 0.25) is 0 Å². The minimum Gasteiger partial charge on any atom is -0.489 e. The van der Waals surface area contributed by atoms with Crippen molar-refractivity contribution in [3.05, 3.63) is 155 Å². The molecule has 9 heteroatoms. The molecule has 4 aromatic carbocycles. The number of hydrogen-bond donors (Lipinski definition) is 0. The number of para-hydroxylation sites is 1. The fourth-order valence-corrected chi connectivity index (χ4v) is 5.37. The van der Waals surface area contributed by atoms with Crippen LogP contribution in [-0.4, -0.2) is 28.4 Å². The van der Waals surface area contributed by atoms with Crippen LogP contribution in [0.2, 0.25) is 0 Å². The van der Waals surface area contributed by atoms with Crippen LogP contribution >= 0.6 is 0 Å². The van der Waals surface area contributed by atoms with Gasteiger partial charge in [-0.05, 0) is 47.0 Å². The van der Waals surface area contributed by atoms with E-state index in [1.807, 2.05) is 30.5 Å². The second-order valence-electron chi connectivity index (χ2n) is 10.6. The second-order valence-corrected chi connectivity index (χ2v) is 10.6. The maximum atomic E-state index is 13.9. The largest absolute Gasteiger partial charge is 0.489 e. The molecule has 230 valence electrons. The average Bonchev–Trinajstić information content (AvgIpc) is 3.54. The zero-order valence-corrected chi connectivity index (χ0v) is 24.6. The number of ether oxygens (including phenoxy) is 2. The third-order valence-electron chi connectivity index (χ3n) is 7.61. The van der Waals surface area contributed by atoms with Gasteiger partial charge < -0.3 is 14.0 Å². The van der Waals surface area contributed by atoms with Crippen molar-refractivity contribution in [1.29, 1.82) is 0 Å². The molecule has 0 aliphatic carbocycles. The zero-order valence-electron chi connectivity index (χ0n) is 24.6. The fraction of sp³-hybridized carbons (Fsp3) is 0.108. The highest BCUT2D eigenvalue weighted by molar-refractivity contribution is 6.16. The van der Waals surface area contributed by atoms with Crippen LogP contribution in [0.25, 0.3) is 22.0 Å². The molecule has 0 saturated heterocycles. The van der Waals surface area contributed by atoms with Crippen LogP contribution in [-0.2, 0) is 24.1 Å². The Labute approximate surface area is 262 Å². The van der Waals surface area contributed by atoms with Gasteiger partial charge in [0, 0.05) is 41.0 Å². The van der Waals surface area contributed by atoms with Crippen LogP contribution in [0.15, 0.2) is 122 Å². The lowest BCUT2D eigenvalue weighted by Gasteiger charge is -2.16. The summed E-state index contributed by atoms with van der Waals surface area (Å²) in [6, 6.07) is 30.6. The summed E-state index contributed by atoms with van der Waals surface area (Å²) < 4.78 is 54.6. The number of methoxy groups -OCH3 is 1. The highest BCUT2D eigenvalue weighted by atomic mass is 19.4. The summed E-state index contributed by atoms with van der Waals surface area (Å²) in [6.07, 6.45) is -1.59. The summed E-state index contributed by atoms with van der Waals surface area (Å²) in [7, 11) is 1.34. The molecular formula is C37H27F3N2O4. The first-order valence-electron chi connectivity index (χ1n) is 14.4. The van der Waals surface area contributed by atoms with Crippen LogP contribution in [0.5, 0.6) is 5.75 Å². The number of ketones is 1. The van der Waals surface area contributed by atoms with Gasteiger partial charge in [-0.25, -0.2) is 4.79 Å². The van der Waals surface area contributed by atoms with Crippen LogP contribution in [0, 0.1) is 0 Å². The number of esters is 1. The Morgan fingerprint density at radius 2 is 1.57 bits per heavy atom. The second kappa shape index (κ2) is 12.7. The minimum atomic E-state index is -4.62. The number of nitrogens with zero attached hydrogens (tertiary/aromatic N) is 2. The SMILES string of the molecule is COC(=O)c1cccn1Cc1ccc(COc2cccc(-c3c(C(=O)c4ccccc4)cnc4c(C(F)(F)F)cccc34)c2)cc1. The molecule has 2 heterocycles. The Kier molecular flexibility index (Phi) is 8.39. The Morgan fingerprint density at radius 1 is 0.826 bits per heavy atom. The highest BCUT2D eigenvalue weighted by Crippen LogP contribution is 2.39. The molecule has 0 bridgehead atoms. The summed E-state index contributed by atoms with van der Waals surface area (Å²) in [6.45, 7) is 0.715. The van der Waals surface area contributed by atoms with Crippen molar-refractivity contribution >= 4 is 22.7 Å². The van der Waals surface area contributed by atoms with E-state index in [-0.39, 0.29) is 28.9 Å². The predicted molar refractivity (Wildman–Crippen MR) is 168 cm³/mol. The first-order valence-corrected chi connectivity index (χ1v) is 14.4. The molecule has 0 unspecified atom stereocenters. The van der Waals surface area contributed by atoms with Crippen molar-refractivity contribution in [2.45, 2.75) is 19.3 Å². The molecule has 0 N–H and O–H groups in total. The van der Waals surface area contributed by atoms with Gasteiger partial charge in [-0.1, -0.05) is 78.9 Å². The van der Waals surface area contributed by atoms with E-state index in [9.17, 15) is 22.8 Å². The topological polar surface area (TPSA) is 70.4 Å². The molecule has 0 saturated carbocycles. The summed E-state index contributed by atoms with van der Waals surface area (Å²) in [4.78, 5) is 29.8. The number of rotatable bonds is 9. The number of carbonyl (C=O) groups is 2. The van der Waals surface area contributed by atoms with E-state index in [2.05, 4.69) is 4.98 Å².